The Kier molecular flexibility index (Phi) is 5.77. The molecule has 0 saturated heterocycles. The minimum atomic E-state index is -0.0287. The Morgan fingerprint density at radius 3 is 2.25 bits per heavy atom. The minimum Gasteiger partial charge on any atom is -0.378 e. The van der Waals surface area contributed by atoms with Gasteiger partial charge in [0, 0.05) is 5.92 Å². The van der Waals surface area contributed by atoms with Crippen molar-refractivity contribution in [3.63, 3.8) is 0 Å². The Morgan fingerprint density at radius 2 is 1.69 bits per heavy atom. The molecule has 1 aliphatic rings. The summed E-state index contributed by atoms with van der Waals surface area (Å²) < 4.78 is 11.7. The zero-order valence-electron chi connectivity index (χ0n) is 11.4. The molecule has 0 amide bonds. The maximum absolute atomic E-state index is 5.93. The molecule has 16 heavy (non-hydrogen) atoms. The zero-order valence-corrected chi connectivity index (χ0v) is 11.4. The van der Waals surface area contributed by atoms with E-state index in [1.165, 1.54) is 32.1 Å². The van der Waals surface area contributed by atoms with Crippen LogP contribution >= 0.6 is 0 Å². The van der Waals surface area contributed by atoms with Gasteiger partial charge < -0.3 is 9.47 Å². The first-order chi connectivity index (χ1) is 7.47. The van der Waals surface area contributed by atoms with Crippen molar-refractivity contribution < 1.29 is 9.47 Å². The van der Waals surface area contributed by atoms with Gasteiger partial charge in [-0.25, -0.2) is 0 Å². The van der Waals surface area contributed by atoms with Crippen molar-refractivity contribution in [1.82, 2.24) is 0 Å². The van der Waals surface area contributed by atoms with E-state index < -0.39 is 0 Å². The summed E-state index contributed by atoms with van der Waals surface area (Å²) in [6.07, 6.45) is 7.11. The van der Waals surface area contributed by atoms with Gasteiger partial charge in [0.25, 0.3) is 0 Å². The molecular weight excluding hydrogens is 200 g/mol. The van der Waals surface area contributed by atoms with E-state index in [1.54, 1.807) is 0 Å². The van der Waals surface area contributed by atoms with E-state index in [0.717, 1.165) is 13.2 Å². The van der Waals surface area contributed by atoms with E-state index in [2.05, 4.69) is 27.7 Å². The molecule has 0 radical (unpaired) electrons. The molecule has 1 atom stereocenters. The average molecular weight is 228 g/mol. The first kappa shape index (κ1) is 14.0. The highest BCUT2D eigenvalue weighted by Crippen LogP contribution is 2.21. The zero-order chi connectivity index (χ0) is 12.0. The largest absolute Gasteiger partial charge is 0.378 e. The normalized spacial score (nSPS) is 21.0. The fraction of sp³-hybridized carbons (Fsp3) is 1.00. The maximum atomic E-state index is 5.93. The molecule has 2 heteroatoms. The summed E-state index contributed by atoms with van der Waals surface area (Å²) in [4.78, 5) is 0. The van der Waals surface area contributed by atoms with E-state index >= 15 is 0 Å². The summed E-state index contributed by atoms with van der Waals surface area (Å²) in [5.74, 6) is 0.501. The van der Waals surface area contributed by atoms with Crippen LogP contribution in [0.1, 0.15) is 59.8 Å². The molecule has 0 N–H and O–H groups in total. The molecular formula is C14H28O2. The summed E-state index contributed by atoms with van der Waals surface area (Å²) >= 11 is 0. The smallest absolute Gasteiger partial charge is 0.0598 e. The molecule has 0 aromatic heterocycles. The predicted octanol–water partition coefficient (Wildman–Crippen LogP) is 3.79. The lowest BCUT2D eigenvalue weighted by molar-refractivity contribution is -0.0508. The molecule has 96 valence electrons. The monoisotopic (exact) mass is 228 g/mol. The lowest BCUT2D eigenvalue weighted by Gasteiger charge is -2.26. The van der Waals surface area contributed by atoms with Gasteiger partial charge in [-0.05, 0) is 33.6 Å². The first-order valence-electron chi connectivity index (χ1n) is 6.73. The Hall–Kier alpha value is -0.0800. The van der Waals surface area contributed by atoms with E-state index in [1.807, 2.05) is 0 Å². The minimum absolute atomic E-state index is 0.0287. The van der Waals surface area contributed by atoms with Crippen LogP contribution in [0.15, 0.2) is 0 Å². The quantitative estimate of drug-likeness (QED) is 0.713. The molecule has 2 nitrogen and oxygen atoms in total. The van der Waals surface area contributed by atoms with Crippen molar-refractivity contribution in [2.75, 3.05) is 13.2 Å². The van der Waals surface area contributed by atoms with Gasteiger partial charge in [-0.2, -0.15) is 0 Å². The van der Waals surface area contributed by atoms with Crippen molar-refractivity contribution in [2.24, 2.45) is 5.92 Å². The highest BCUT2D eigenvalue weighted by Gasteiger charge is 2.16. The van der Waals surface area contributed by atoms with Crippen molar-refractivity contribution in [1.29, 1.82) is 0 Å². The van der Waals surface area contributed by atoms with Crippen LogP contribution in [0.3, 0.4) is 0 Å². The average Bonchev–Trinajstić information content (AvgIpc) is 2.24. The highest BCUT2D eigenvalue weighted by molar-refractivity contribution is 4.66. The fourth-order valence-corrected chi connectivity index (χ4v) is 1.97. The molecule has 0 bridgehead atoms. The van der Waals surface area contributed by atoms with Gasteiger partial charge in [-0.1, -0.05) is 26.2 Å². The van der Waals surface area contributed by atoms with Crippen LogP contribution in [-0.4, -0.2) is 24.9 Å². The highest BCUT2D eigenvalue weighted by atomic mass is 16.5. The van der Waals surface area contributed by atoms with E-state index in [9.17, 15) is 0 Å². The fourth-order valence-electron chi connectivity index (χ4n) is 1.97. The lowest BCUT2D eigenvalue weighted by Crippen LogP contribution is -2.26. The van der Waals surface area contributed by atoms with Crippen LogP contribution in [0.2, 0.25) is 0 Å². The third kappa shape index (κ3) is 6.49. The van der Waals surface area contributed by atoms with E-state index in [4.69, 9.17) is 9.47 Å². The molecule has 1 saturated carbocycles. The Labute approximate surface area is 101 Å². The molecule has 0 heterocycles. The number of rotatable bonds is 5. The van der Waals surface area contributed by atoms with Gasteiger partial charge >= 0.3 is 0 Å². The van der Waals surface area contributed by atoms with Crippen molar-refractivity contribution >= 4 is 0 Å². The van der Waals surface area contributed by atoms with Crippen molar-refractivity contribution in [3.05, 3.63) is 0 Å². The standard InChI is InChI=1S/C14H28O2/c1-12(11-16-14(2,3)4)10-15-13-8-6-5-7-9-13/h12-13H,5-11H2,1-4H3/t12-/m0/s1. The summed E-state index contributed by atoms with van der Waals surface area (Å²) in [5.41, 5.74) is -0.0287. The second-order valence-electron chi connectivity index (χ2n) is 6.12. The van der Waals surface area contributed by atoms with Gasteiger partial charge in [-0.15, -0.1) is 0 Å². The van der Waals surface area contributed by atoms with Gasteiger partial charge in [0.05, 0.1) is 24.9 Å². The summed E-state index contributed by atoms with van der Waals surface area (Å²) in [5, 5.41) is 0. The van der Waals surface area contributed by atoms with Gasteiger partial charge in [0.1, 0.15) is 0 Å². The summed E-state index contributed by atoms with van der Waals surface area (Å²) in [7, 11) is 0. The first-order valence-corrected chi connectivity index (χ1v) is 6.73. The summed E-state index contributed by atoms with van der Waals surface area (Å²) in [6.45, 7) is 10.1. The lowest BCUT2D eigenvalue weighted by atomic mass is 9.98. The topological polar surface area (TPSA) is 18.5 Å². The summed E-state index contributed by atoms with van der Waals surface area (Å²) in [6, 6.07) is 0. The van der Waals surface area contributed by atoms with Gasteiger partial charge in [0.15, 0.2) is 0 Å². The second kappa shape index (κ2) is 6.61. The third-order valence-corrected chi connectivity index (χ3v) is 2.97. The van der Waals surface area contributed by atoms with Crippen molar-refractivity contribution in [3.8, 4) is 0 Å². The number of hydrogen-bond donors (Lipinski definition) is 0. The molecule has 0 unspecified atom stereocenters. The molecule has 1 aliphatic carbocycles. The van der Waals surface area contributed by atoms with Gasteiger partial charge in [0.2, 0.25) is 0 Å². The molecule has 0 aliphatic heterocycles. The van der Waals surface area contributed by atoms with Gasteiger partial charge in [-0.3, -0.25) is 0 Å². The molecule has 1 rings (SSSR count). The van der Waals surface area contributed by atoms with Crippen LogP contribution < -0.4 is 0 Å². The Bertz CT molecular complexity index is 178. The number of ether oxygens (including phenoxy) is 2. The molecule has 0 aromatic carbocycles. The predicted molar refractivity (Wildman–Crippen MR) is 67.7 cm³/mol. The molecule has 1 fully saturated rings. The van der Waals surface area contributed by atoms with Crippen LogP contribution in [0, 0.1) is 5.92 Å². The van der Waals surface area contributed by atoms with Crippen LogP contribution in [0.25, 0.3) is 0 Å². The van der Waals surface area contributed by atoms with E-state index in [-0.39, 0.29) is 5.60 Å². The van der Waals surface area contributed by atoms with Crippen molar-refractivity contribution in [2.45, 2.75) is 71.5 Å². The van der Waals surface area contributed by atoms with Crippen LogP contribution in [0.4, 0.5) is 0 Å². The third-order valence-electron chi connectivity index (χ3n) is 2.97. The molecule has 0 aromatic rings. The van der Waals surface area contributed by atoms with Crippen LogP contribution in [0.5, 0.6) is 0 Å². The maximum Gasteiger partial charge on any atom is 0.0598 e. The van der Waals surface area contributed by atoms with E-state index in [0.29, 0.717) is 12.0 Å². The van der Waals surface area contributed by atoms with Crippen LogP contribution in [-0.2, 0) is 9.47 Å². The Morgan fingerprint density at radius 1 is 1.06 bits per heavy atom. The SMILES string of the molecule is C[C@@H](COC1CCCCC1)COC(C)(C)C. The second-order valence-corrected chi connectivity index (χ2v) is 6.12. The number of hydrogen-bond acceptors (Lipinski definition) is 2. The molecule has 0 spiro atoms. The Balaban J connectivity index is 2.07.